The third-order valence-electron chi connectivity index (χ3n) is 3.30. The summed E-state index contributed by atoms with van der Waals surface area (Å²) < 4.78 is 2.02. The molecule has 0 saturated carbocycles. The van der Waals surface area contributed by atoms with Crippen molar-refractivity contribution in [1.29, 1.82) is 5.26 Å². The molecule has 0 spiro atoms. The van der Waals surface area contributed by atoms with E-state index >= 15 is 0 Å². The smallest absolute Gasteiger partial charge is 0.122 e. The van der Waals surface area contributed by atoms with Crippen LogP contribution in [0.1, 0.15) is 42.4 Å². The maximum atomic E-state index is 9.18. The van der Waals surface area contributed by atoms with Crippen LogP contribution in [0.2, 0.25) is 0 Å². The van der Waals surface area contributed by atoms with Gasteiger partial charge in [0.1, 0.15) is 11.8 Å². The lowest BCUT2D eigenvalue weighted by molar-refractivity contribution is 0.577. The van der Waals surface area contributed by atoms with Crippen LogP contribution in [0.25, 0.3) is 0 Å². The van der Waals surface area contributed by atoms with E-state index in [1.165, 1.54) is 11.1 Å². The summed E-state index contributed by atoms with van der Waals surface area (Å²) in [5.74, 6) is 0. The van der Waals surface area contributed by atoms with Crippen LogP contribution in [0.4, 0.5) is 5.69 Å². The van der Waals surface area contributed by atoms with Gasteiger partial charge in [-0.15, -0.1) is 0 Å². The van der Waals surface area contributed by atoms with Crippen LogP contribution in [-0.2, 0) is 6.42 Å². The van der Waals surface area contributed by atoms with E-state index in [1.54, 1.807) is 6.07 Å². The van der Waals surface area contributed by atoms with E-state index in [9.17, 15) is 5.26 Å². The first-order chi connectivity index (χ1) is 9.02. The van der Waals surface area contributed by atoms with Gasteiger partial charge in [0.05, 0.1) is 5.69 Å². The van der Waals surface area contributed by atoms with E-state index in [1.807, 2.05) is 4.57 Å². The summed E-state index contributed by atoms with van der Waals surface area (Å²) in [6.07, 6.45) is 0.756. The van der Waals surface area contributed by atoms with Crippen molar-refractivity contribution in [2.45, 2.75) is 33.2 Å². The van der Waals surface area contributed by atoms with Gasteiger partial charge in [-0.05, 0) is 32.4 Å². The number of hydrogen-bond donors (Lipinski definition) is 1. The normalized spacial score (nSPS) is 10.7. The van der Waals surface area contributed by atoms with Crippen molar-refractivity contribution in [3.05, 3.63) is 52.8 Å². The van der Waals surface area contributed by atoms with Crippen molar-refractivity contribution in [3.63, 3.8) is 0 Å². The number of aromatic nitrogens is 1. The zero-order valence-corrected chi connectivity index (χ0v) is 11.6. The first-order valence-electron chi connectivity index (χ1n) is 6.48. The molecule has 19 heavy (non-hydrogen) atoms. The number of nitrogens with two attached hydrogens (primary N) is 1. The highest BCUT2D eigenvalue weighted by atomic mass is 15.0. The van der Waals surface area contributed by atoms with E-state index in [2.05, 4.69) is 51.1 Å². The third-order valence-corrected chi connectivity index (χ3v) is 3.30. The molecule has 0 aliphatic rings. The van der Waals surface area contributed by atoms with Gasteiger partial charge in [-0.1, -0.05) is 29.8 Å². The third kappa shape index (κ3) is 2.63. The molecule has 0 fully saturated rings. The monoisotopic (exact) mass is 253 g/mol. The van der Waals surface area contributed by atoms with Gasteiger partial charge in [0.25, 0.3) is 0 Å². The molecule has 0 aliphatic heterocycles. The SMILES string of the molecule is Cc1ccc(Cc2c(N)cc(C#N)n2C(C)C)cc1. The van der Waals surface area contributed by atoms with Crippen LogP contribution < -0.4 is 5.73 Å². The quantitative estimate of drug-likeness (QED) is 0.911. The zero-order valence-electron chi connectivity index (χ0n) is 11.6. The highest BCUT2D eigenvalue weighted by Crippen LogP contribution is 2.25. The Morgan fingerprint density at radius 3 is 2.42 bits per heavy atom. The van der Waals surface area contributed by atoms with E-state index < -0.39 is 0 Å². The number of nitrogen functional groups attached to an aromatic ring is 1. The summed E-state index contributed by atoms with van der Waals surface area (Å²) in [5.41, 5.74) is 10.9. The number of nitrogens with zero attached hydrogens (tertiary/aromatic N) is 2. The highest BCUT2D eigenvalue weighted by molar-refractivity contribution is 5.52. The Kier molecular flexibility index (Phi) is 3.62. The van der Waals surface area contributed by atoms with Crippen molar-refractivity contribution in [2.75, 3.05) is 5.73 Å². The number of anilines is 1. The summed E-state index contributed by atoms with van der Waals surface area (Å²) in [6, 6.07) is 12.6. The fourth-order valence-corrected chi connectivity index (χ4v) is 2.35. The maximum Gasteiger partial charge on any atom is 0.122 e. The number of aryl methyl sites for hydroxylation is 1. The van der Waals surface area contributed by atoms with Crippen molar-refractivity contribution in [3.8, 4) is 6.07 Å². The summed E-state index contributed by atoms with van der Waals surface area (Å²) in [5, 5.41) is 9.18. The topological polar surface area (TPSA) is 54.7 Å². The van der Waals surface area contributed by atoms with Gasteiger partial charge >= 0.3 is 0 Å². The van der Waals surface area contributed by atoms with Gasteiger partial charge in [-0.3, -0.25) is 0 Å². The molecule has 0 atom stereocenters. The van der Waals surface area contributed by atoms with Crippen molar-refractivity contribution in [2.24, 2.45) is 0 Å². The minimum absolute atomic E-state index is 0.229. The Bertz CT molecular complexity index is 613. The molecule has 0 saturated heterocycles. The molecule has 2 N–H and O–H groups in total. The number of benzene rings is 1. The lowest BCUT2D eigenvalue weighted by atomic mass is 10.1. The molecular weight excluding hydrogens is 234 g/mol. The average Bonchev–Trinajstić information content (AvgIpc) is 2.69. The highest BCUT2D eigenvalue weighted by Gasteiger charge is 2.15. The number of rotatable bonds is 3. The molecule has 98 valence electrons. The molecule has 0 unspecified atom stereocenters. The van der Waals surface area contributed by atoms with Crippen molar-refractivity contribution in [1.82, 2.24) is 4.57 Å². The van der Waals surface area contributed by atoms with Crippen LogP contribution in [-0.4, -0.2) is 4.57 Å². The molecule has 0 aliphatic carbocycles. The molecule has 2 aromatic rings. The van der Waals surface area contributed by atoms with E-state index in [0.717, 1.165) is 12.1 Å². The molecule has 0 bridgehead atoms. The first-order valence-corrected chi connectivity index (χ1v) is 6.48. The fourth-order valence-electron chi connectivity index (χ4n) is 2.35. The van der Waals surface area contributed by atoms with Gasteiger partial charge in [-0.2, -0.15) is 5.26 Å². The zero-order chi connectivity index (χ0) is 14.0. The van der Waals surface area contributed by atoms with Crippen molar-refractivity contribution >= 4 is 5.69 Å². The van der Waals surface area contributed by atoms with E-state index in [4.69, 9.17) is 5.73 Å². The second kappa shape index (κ2) is 5.19. The molecule has 2 rings (SSSR count). The largest absolute Gasteiger partial charge is 0.397 e. The van der Waals surface area contributed by atoms with E-state index in [0.29, 0.717) is 11.4 Å². The molecule has 3 heteroatoms. The average molecular weight is 253 g/mol. The maximum absolute atomic E-state index is 9.18. The van der Waals surface area contributed by atoms with Crippen LogP contribution in [0.3, 0.4) is 0 Å². The number of nitriles is 1. The summed E-state index contributed by atoms with van der Waals surface area (Å²) >= 11 is 0. The van der Waals surface area contributed by atoms with Gasteiger partial charge in [0.2, 0.25) is 0 Å². The Morgan fingerprint density at radius 2 is 1.89 bits per heavy atom. The van der Waals surface area contributed by atoms with Crippen LogP contribution >= 0.6 is 0 Å². The standard InChI is InChI=1S/C16H19N3/c1-11(2)19-14(10-17)9-15(18)16(19)8-13-6-4-12(3)5-7-13/h4-7,9,11H,8,18H2,1-3H3. The van der Waals surface area contributed by atoms with Crippen LogP contribution in [0.5, 0.6) is 0 Å². The number of hydrogen-bond acceptors (Lipinski definition) is 2. The molecular formula is C16H19N3. The minimum atomic E-state index is 0.229. The molecule has 1 aromatic carbocycles. The summed E-state index contributed by atoms with van der Waals surface area (Å²) in [4.78, 5) is 0. The van der Waals surface area contributed by atoms with Gasteiger partial charge in [0, 0.05) is 18.2 Å². The predicted molar refractivity (Wildman–Crippen MR) is 77.9 cm³/mol. The van der Waals surface area contributed by atoms with Gasteiger partial charge in [-0.25, -0.2) is 0 Å². The molecule has 1 heterocycles. The Labute approximate surface area is 114 Å². The summed E-state index contributed by atoms with van der Waals surface area (Å²) in [6.45, 7) is 6.21. The van der Waals surface area contributed by atoms with Crippen molar-refractivity contribution < 1.29 is 0 Å². The molecule has 0 amide bonds. The predicted octanol–water partition coefficient (Wildman–Crippen LogP) is 3.42. The second-order valence-electron chi connectivity index (χ2n) is 5.17. The minimum Gasteiger partial charge on any atom is -0.397 e. The lowest BCUT2D eigenvalue weighted by Gasteiger charge is -2.15. The van der Waals surface area contributed by atoms with Crippen LogP contribution in [0, 0.1) is 18.3 Å². The molecule has 3 nitrogen and oxygen atoms in total. The molecule has 1 aromatic heterocycles. The van der Waals surface area contributed by atoms with Gasteiger partial charge < -0.3 is 10.3 Å². The Hall–Kier alpha value is -2.21. The summed E-state index contributed by atoms with van der Waals surface area (Å²) in [7, 11) is 0. The molecule has 0 radical (unpaired) electrons. The first kappa shape index (κ1) is 13.2. The van der Waals surface area contributed by atoms with Crippen LogP contribution in [0.15, 0.2) is 30.3 Å². The van der Waals surface area contributed by atoms with Gasteiger partial charge in [0.15, 0.2) is 0 Å². The fraction of sp³-hybridized carbons (Fsp3) is 0.312. The Balaban J connectivity index is 2.42. The second-order valence-corrected chi connectivity index (χ2v) is 5.17. The Morgan fingerprint density at radius 1 is 1.26 bits per heavy atom. The van der Waals surface area contributed by atoms with E-state index in [-0.39, 0.29) is 6.04 Å². The lowest BCUT2D eigenvalue weighted by Crippen LogP contribution is -2.09.